The second kappa shape index (κ2) is 3.50. The van der Waals surface area contributed by atoms with Gasteiger partial charge in [-0.1, -0.05) is 40.6 Å². The van der Waals surface area contributed by atoms with Crippen molar-refractivity contribution in [1.29, 1.82) is 0 Å². The third kappa shape index (κ3) is 1.29. The van der Waals surface area contributed by atoms with E-state index in [4.69, 9.17) is 4.63 Å². The summed E-state index contributed by atoms with van der Waals surface area (Å²) in [6.07, 6.45) is 5.98. The van der Waals surface area contributed by atoms with Crippen LogP contribution in [0.1, 0.15) is 22.9 Å². The van der Waals surface area contributed by atoms with Crippen molar-refractivity contribution in [3.8, 4) is 0 Å². The topological polar surface area (TPSA) is 51.3 Å². The maximum Gasteiger partial charge on any atom is 0.132 e. The van der Waals surface area contributed by atoms with E-state index in [2.05, 4.69) is 33.5 Å². The summed E-state index contributed by atoms with van der Waals surface area (Å²) in [5.74, 6) is 0.0754. The van der Waals surface area contributed by atoms with Crippen molar-refractivity contribution in [3.05, 3.63) is 59.4 Å². The number of aliphatic imine (C=N–C) groups is 1. The van der Waals surface area contributed by atoms with Crippen LogP contribution < -0.4 is 0 Å². The molecule has 1 atom stereocenters. The number of aromatic nitrogens is 2. The molecule has 86 valence electrons. The van der Waals surface area contributed by atoms with Crippen LogP contribution in [0.5, 0.6) is 0 Å². The van der Waals surface area contributed by atoms with Crippen LogP contribution in [0.25, 0.3) is 11.8 Å². The van der Waals surface area contributed by atoms with Crippen LogP contribution in [0.2, 0.25) is 0 Å². The van der Waals surface area contributed by atoms with Gasteiger partial charge in [-0.15, -0.1) is 0 Å². The SMILES string of the molecule is C1=Cc2nonc2[C@H]2C=C(c3ccccc3)N=C12. The Balaban J connectivity index is 1.82. The lowest BCUT2D eigenvalue weighted by atomic mass is 9.93. The Hall–Kier alpha value is -2.49. The van der Waals surface area contributed by atoms with Crippen LogP contribution in [-0.4, -0.2) is 16.0 Å². The highest BCUT2D eigenvalue weighted by Gasteiger charge is 2.29. The molecule has 0 saturated carbocycles. The second-order valence-electron chi connectivity index (χ2n) is 4.30. The molecule has 2 aromatic rings. The quantitative estimate of drug-likeness (QED) is 0.763. The largest absolute Gasteiger partial charge is 0.252 e. The normalized spacial score (nSPS) is 20.1. The molecule has 1 aliphatic heterocycles. The van der Waals surface area contributed by atoms with Gasteiger partial charge in [-0.05, 0) is 23.8 Å². The molecule has 0 amide bonds. The minimum atomic E-state index is 0.0754. The van der Waals surface area contributed by atoms with Gasteiger partial charge >= 0.3 is 0 Å². The van der Waals surface area contributed by atoms with Crippen molar-refractivity contribution in [3.63, 3.8) is 0 Å². The summed E-state index contributed by atoms with van der Waals surface area (Å²) >= 11 is 0. The van der Waals surface area contributed by atoms with Gasteiger partial charge in [0.2, 0.25) is 0 Å². The first-order valence-electron chi connectivity index (χ1n) is 5.78. The molecule has 0 N–H and O–H groups in total. The van der Waals surface area contributed by atoms with Crippen molar-refractivity contribution in [1.82, 2.24) is 10.3 Å². The zero-order valence-corrected chi connectivity index (χ0v) is 9.45. The Labute approximate surface area is 103 Å². The van der Waals surface area contributed by atoms with Gasteiger partial charge in [0.25, 0.3) is 0 Å². The Bertz CT molecular complexity index is 695. The smallest absolute Gasteiger partial charge is 0.132 e. The molecular weight excluding hydrogens is 226 g/mol. The highest BCUT2D eigenvalue weighted by Crippen LogP contribution is 2.35. The number of allylic oxidation sites excluding steroid dienone is 2. The summed E-state index contributed by atoms with van der Waals surface area (Å²) in [6.45, 7) is 0. The minimum Gasteiger partial charge on any atom is -0.252 e. The summed E-state index contributed by atoms with van der Waals surface area (Å²) in [5.41, 5.74) is 4.74. The highest BCUT2D eigenvalue weighted by atomic mass is 16.6. The van der Waals surface area contributed by atoms with E-state index in [0.29, 0.717) is 0 Å². The number of benzene rings is 1. The van der Waals surface area contributed by atoms with Crippen LogP contribution >= 0.6 is 0 Å². The molecule has 18 heavy (non-hydrogen) atoms. The summed E-state index contributed by atoms with van der Waals surface area (Å²) in [6, 6.07) is 10.1. The zero-order chi connectivity index (χ0) is 11.9. The third-order valence-electron chi connectivity index (χ3n) is 3.21. The molecule has 0 fully saturated rings. The number of nitrogens with zero attached hydrogens (tertiary/aromatic N) is 3. The molecule has 1 aromatic heterocycles. The van der Waals surface area contributed by atoms with Gasteiger partial charge < -0.3 is 0 Å². The van der Waals surface area contributed by atoms with Crippen LogP contribution in [0, 0.1) is 0 Å². The van der Waals surface area contributed by atoms with E-state index in [0.717, 1.165) is 28.4 Å². The van der Waals surface area contributed by atoms with E-state index in [1.54, 1.807) is 0 Å². The minimum absolute atomic E-state index is 0.0754. The molecule has 0 unspecified atom stereocenters. The highest BCUT2D eigenvalue weighted by molar-refractivity contribution is 6.11. The predicted octanol–water partition coefficient (Wildman–Crippen LogP) is 2.68. The number of rotatable bonds is 1. The molecule has 0 bridgehead atoms. The average molecular weight is 235 g/mol. The summed E-state index contributed by atoms with van der Waals surface area (Å²) in [7, 11) is 0. The Kier molecular flexibility index (Phi) is 1.85. The molecule has 1 aliphatic carbocycles. The van der Waals surface area contributed by atoms with Gasteiger partial charge in [-0.25, -0.2) is 4.63 Å². The van der Waals surface area contributed by atoms with Crippen molar-refractivity contribution < 1.29 is 4.63 Å². The van der Waals surface area contributed by atoms with Gasteiger partial charge in [-0.2, -0.15) is 0 Å². The molecule has 0 saturated heterocycles. The third-order valence-corrected chi connectivity index (χ3v) is 3.21. The molecule has 0 spiro atoms. The van der Waals surface area contributed by atoms with Gasteiger partial charge in [0.1, 0.15) is 11.4 Å². The Morgan fingerprint density at radius 2 is 1.89 bits per heavy atom. The average Bonchev–Trinajstić information content (AvgIpc) is 3.05. The van der Waals surface area contributed by atoms with Crippen molar-refractivity contribution >= 4 is 17.5 Å². The lowest BCUT2D eigenvalue weighted by Crippen LogP contribution is -2.09. The van der Waals surface area contributed by atoms with E-state index >= 15 is 0 Å². The van der Waals surface area contributed by atoms with E-state index in [1.807, 2.05) is 30.4 Å². The second-order valence-corrected chi connectivity index (χ2v) is 4.30. The van der Waals surface area contributed by atoms with Crippen LogP contribution in [0.15, 0.2) is 52.1 Å². The maximum atomic E-state index is 4.78. The fraction of sp³-hybridized carbons (Fsp3) is 0.0714. The first-order valence-corrected chi connectivity index (χ1v) is 5.78. The predicted molar refractivity (Wildman–Crippen MR) is 67.9 cm³/mol. The fourth-order valence-corrected chi connectivity index (χ4v) is 2.32. The first kappa shape index (κ1) is 9.53. The Morgan fingerprint density at radius 1 is 1.00 bits per heavy atom. The summed E-state index contributed by atoms with van der Waals surface area (Å²) in [5, 5.41) is 7.82. The zero-order valence-electron chi connectivity index (χ0n) is 9.45. The van der Waals surface area contributed by atoms with Gasteiger partial charge in [0.05, 0.1) is 17.3 Å². The molecule has 0 radical (unpaired) electrons. The van der Waals surface area contributed by atoms with E-state index in [-0.39, 0.29) is 5.92 Å². The number of fused-ring (bicyclic) bond motifs is 3. The van der Waals surface area contributed by atoms with E-state index < -0.39 is 0 Å². The molecule has 2 aliphatic rings. The number of hydrogen-bond donors (Lipinski definition) is 0. The van der Waals surface area contributed by atoms with Crippen LogP contribution in [0.4, 0.5) is 0 Å². The molecule has 4 heteroatoms. The molecule has 4 rings (SSSR count). The van der Waals surface area contributed by atoms with Crippen molar-refractivity contribution in [2.75, 3.05) is 0 Å². The van der Waals surface area contributed by atoms with Gasteiger partial charge in [0.15, 0.2) is 0 Å². The fourth-order valence-electron chi connectivity index (χ4n) is 2.32. The van der Waals surface area contributed by atoms with Crippen molar-refractivity contribution in [2.45, 2.75) is 5.92 Å². The standard InChI is InChI=1S/C14H9N3O/c1-2-4-9(5-3-1)13-8-10-11(15-13)6-7-12-14(10)17-18-16-12/h1-8,10H/t10-/m0/s1. The lowest BCUT2D eigenvalue weighted by molar-refractivity contribution is 0.303. The first-order chi connectivity index (χ1) is 8.92. The van der Waals surface area contributed by atoms with E-state index in [1.165, 1.54) is 0 Å². The lowest BCUT2D eigenvalue weighted by Gasteiger charge is -2.08. The van der Waals surface area contributed by atoms with Gasteiger partial charge in [-0.3, -0.25) is 4.99 Å². The maximum absolute atomic E-state index is 4.78. The molecular formula is C14H9N3O. The van der Waals surface area contributed by atoms with E-state index in [9.17, 15) is 0 Å². The molecule has 2 heterocycles. The van der Waals surface area contributed by atoms with Crippen LogP contribution in [-0.2, 0) is 0 Å². The Morgan fingerprint density at radius 3 is 2.78 bits per heavy atom. The van der Waals surface area contributed by atoms with Crippen LogP contribution in [0.3, 0.4) is 0 Å². The monoisotopic (exact) mass is 235 g/mol. The number of hydrogen-bond acceptors (Lipinski definition) is 4. The van der Waals surface area contributed by atoms with Gasteiger partial charge in [0, 0.05) is 0 Å². The molecule has 1 aromatic carbocycles. The summed E-state index contributed by atoms with van der Waals surface area (Å²) < 4.78 is 4.78. The van der Waals surface area contributed by atoms with Crippen molar-refractivity contribution in [2.24, 2.45) is 4.99 Å². The summed E-state index contributed by atoms with van der Waals surface area (Å²) in [4.78, 5) is 4.64. The molecule has 4 nitrogen and oxygen atoms in total.